The van der Waals surface area contributed by atoms with E-state index in [1.807, 2.05) is 19.1 Å². The van der Waals surface area contributed by atoms with Gasteiger partial charge < -0.3 is 5.32 Å². The number of aryl methyl sites for hydroxylation is 2. The van der Waals surface area contributed by atoms with Crippen molar-refractivity contribution in [3.8, 4) is 0 Å². The molecule has 0 atom stereocenters. The van der Waals surface area contributed by atoms with Crippen molar-refractivity contribution in [1.29, 1.82) is 0 Å². The molecule has 0 aromatic heterocycles. The van der Waals surface area contributed by atoms with Gasteiger partial charge in [0.15, 0.2) is 0 Å². The van der Waals surface area contributed by atoms with E-state index in [1.54, 1.807) is 25.1 Å². The van der Waals surface area contributed by atoms with Crippen molar-refractivity contribution in [3.05, 3.63) is 58.6 Å². The SMILES string of the molecule is Cc1ccc(NC(=O)CN(C)S(=O)(=O)c2ccc(Cl)cc2C)cc1. The van der Waals surface area contributed by atoms with Crippen LogP contribution < -0.4 is 5.32 Å². The number of halogens is 1. The number of amides is 1. The number of benzene rings is 2. The van der Waals surface area contributed by atoms with Crippen molar-refractivity contribution < 1.29 is 13.2 Å². The number of hydrogen-bond acceptors (Lipinski definition) is 3. The molecule has 1 N–H and O–H groups in total. The molecular weight excluding hydrogens is 348 g/mol. The van der Waals surface area contributed by atoms with Gasteiger partial charge in [0.05, 0.1) is 11.4 Å². The predicted octanol–water partition coefficient (Wildman–Crippen LogP) is 3.22. The standard InChI is InChI=1S/C17H19ClN2O3S/c1-12-4-7-15(8-5-12)19-17(21)11-20(3)24(22,23)16-9-6-14(18)10-13(16)2/h4-10H,11H2,1-3H3,(H,19,21). The van der Waals surface area contributed by atoms with E-state index in [0.29, 0.717) is 16.3 Å². The highest BCUT2D eigenvalue weighted by Crippen LogP contribution is 2.22. The molecule has 0 fully saturated rings. The minimum absolute atomic E-state index is 0.137. The lowest BCUT2D eigenvalue weighted by molar-refractivity contribution is -0.116. The Labute approximate surface area is 147 Å². The summed E-state index contributed by atoms with van der Waals surface area (Å²) in [4.78, 5) is 12.2. The number of anilines is 1. The Morgan fingerprint density at radius 1 is 1.12 bits per heavy atom. The molecule has 0 spiro atoms. The van der Waals surface area contributed by atoms with Gasteiger partial charge in [-0.1, -0.05) is 29.3 Å². The number of hydrogen-bond donors (Lipinski definition) is 1. The van der Waals surface area contributed by atoms with Gasteiger partial charge in [0, 0.05) is 17.8 Å². The van der Waals surface area contributed by atoms with E-state index < -0.39 is 15.9 Å². The first kappa shape index (κ1) is 18.4. The fourth-order valence-electron chi connectivity index (χ4n) is 2.19. The average molecular weight is 367 g/mol. The molecule has 0 aliphatic carbocycles. The largest absolute Gasteiger partial charge is 0.325 e. The van der Waals surface area contributed by atoms with Crippen LogP contribution in [0.15, 0.2) is 47.4 Å². The fraction of sp³-hybridized carbons (Fsp3) is 0.235. The molecule has 0 radical (unpaired) electrons. The molecule has 0 aliphatic rings. The lowest BCUT2D eigenvalue weighted by Crippen LogP contribution is -2.35. The topological polar surface area (TPSA) is 66.5 Å². The molecule has 128 valence electrons. The van der Waals surface area contributed by atoms with Gasteiger partial charge in [-0.2, -0.15) is 4.31 Å². The number of carbonyl (C=O) groups excluding carboxylic acids is 1. The van der Waals surface area contributed by atoms with Gasteiger partial charge in [0.1, 0.15) is 0 Å². The molecule has 2 rings (SSSR count). The highest BCUT2D eigenvalue weighted by atomic mass is 35.5. The van der Waals surface area contributed by atoms with Crippen LogP contribution >= 0.6 is 11.6 Å². The van der Waals surface area contributed by atoms with E-state index in [2.05, 4.69) is 5.32 Å². The lowest BCUT2D eigenvalue weighted by atomic mass is 10.2. The first-order valence-electron chi connectivity index (χ1n) is 7.29. The molecule has 0 unspecified atom stereocenters. The van der Waals surface area contributed by atoms with Crippen LogP contribution in [0.25, 0.3) is 0 Å². The smallest absolute Gasteiger partial charge is 0.243 e. The summed E-state index contributed by atoms with van der Waals surface area (Å²) in [6.45, 7) is 3.33. The molecule has 0 heterocycles. The Morgan fingerprint density at radius 2 is 1.75 bits per heavy atom. The Bertz CT molecular complexity index is 849. The van der Waals surface area contributed by atoms with Crippen molar-refractivity contribution in [2.45, 2.75) is 18.7 Å². The van der Waals surface area contributed by atoms with Crippen LogP contribution in [-0.4, -0.2) is 32.2 Å². The van der Waals surface area contributed by atoms with Crippen molar-refractivity contribution in [3.63, 3.8) is 0 Å². The molecule has 2 aromatic carbocycles. The highest BCUT2D eigenvalue weighted by Gasteiger charge is 2.24. The number of sulfonamides is 1. The first-order valence-corrected chi connectivity index (χ1v) is 9.11. The third-order valence-corrected chi connectivity index (χ3v) is 5.73. The molecule has 24 heavy (non-hydrogen) atoms. The quantitative estimate of drug-likeness (QED) is 0.883. The van der Waals surface area contributed by atoms with Crippen molar-refractivity contribution >= 4 is 33.2 Å². The van der Waals surface area contributed by atoms with E-state index >= 15 is 0 Å². The number of nitrogens with one attached hydrogen (secondary N) is 1. The monoisotopic (exact) mass is 366 g/mol. The van der Waals surface area contributed by atoms with E-state index in [-0.39, 0.29) is 11.4 Å². The summed E-state index contributed by atoms with van der Waals surface area (Å²) in [5, 5.41) is 3.15. The first-order chi connectivity index (χ1) is 11.2. The van der Waals surface area contributed by atoms with Crippen molar-refractivity contribution in [1.82, 2.24) is 4.31 Å². The van der Waals surface area contributed by atoms with E-state index in [4.69, 9.17) is 11.6 Å². The average Bonchev–Trinajstić information content (AvgIpc) is 2.49. The second-order valence-electron chi connectivity index (χ2n) is 5.59. The Morgan fingerprint density at radius 3 is 2.33 bits per heavy atom. The van der Waals surface area contributed by atoms with Gasteiger partial charge in [0.2, 0.25) is 15.9 Å². The molecule has 5 nitrogen and oxygen atoms in total. The van der Waals surface area contributed by atoms with Crippen LogP contribution in [0.2, 0.25) is 5.02 Å². The molecule has 0 saturated heterocycles. The maximum Gasteiger partial charge on any atom is 0.243 e. The van der Waals surface area contributed by atoms with E-state index in [9.17, 15) is 13.2 Å². The molecule has 2 aromatic rings. The lowest BCUT2D eigenvalue weighted by Gasteiger charge is -2.18. The molecule has 7 heteroatoms. The molecule has 0 saturated carbocycles. The zero-order valence-electron chi connectivity index (χ0n) is 13.7. The highest BCUT2D eigenvalue weighted by molar-refractivity contribution is 7.89. The third-order valence-electron chi connectivity index (χ3n) is 3.53. The number of likely N-dealkylation sites (N-methyl/N-ethyl adjacent to an activating group) is 1. The summed E-state index contributed by atoms with van der Waals surface area (Å²) < 4.78 is 26.2. The molecule has 1 amide bonds. The van der Waals surface area contributed by atoms with Crippen LogP contribution in [0.4, 0.5) is 5.69 Å². The predicted molar refractivity (Wildman–Crippen MR) is 95.8 cm³/mol. The number of rotatable bonds is 5. The second kappa shape index (κ2) is 7.34. The zero-order chi connectivity index (χ0) is 17.9. The van der Waals surface area contributed by atoms with Crippen LogP contribution in [0.1, 0.15) is 11.1 Å². The van der Waals surface area contributed by atoms with Gasteiger partial charge >= 0.3 is 0 Å². The third kappa shape index (κ3) is 4.35. The van der Waals surface area contributed by atoms with Crippen LogP contribution in [-0.2, 0) is 14.8 Å². The maximum atomic E-state index is 12.6. The normalized spacial score (nSPS) is 11.5. The minimum atomic E-state index is -3.77. The summed E-state index contributed by atoms with van der Waals surface area (Å²) in [5.74, 6) is -0.406. The number of carbonyl (C=O) groups is 1. The zero-order valence-corrected chi connectivity index (χ0v) is 15.3. The fourth-order valence-corrected chi connectivity index (χ4v) is 3.75. The van der Waals surface area contributed by atoms with E-state index in [1.165, 1.54) is 19.2 Å². The van der Waals surface area contributed by atoms with Crippen molar-refractivity contribution in [2.24, 2.45) is 0 Å². The van der Waals surface area contributed by atoms with Crippen LogP contribution in [0, 0.1) is 13.8 Å². The Hall–Kier alpha value is -1.89. The summed E-state index contributed by atoms with van der Waals surface area (Å²) in [6.07, 6.45) is 0. The van der Waals surface area contributed by atoms with Crippen molar-refractivity contribution in [2.75, 3.05) is 18.9 Å². The van der Waals surface area contributed by atoms with E-state index in [0.717, 1.165) is 9.87 Å². The van der Waals surface area contributed by atoms with Gasteiger partial charge in [-0.25, -0.2) is 8.42 Å². The number of nitrogens with zero attached hydrogens (tertiary/aromatic N) is 1. The summed E-state index contributed by atoms with van der Waals surface area (Å²) in [5.41, 5.74) is 2.23. The molecular formula is C17H19ClN2O3S. The van der Waals surface area contributed by atoms with Crippen LogP contribution in [0.3, 0.4) is 0 Å². The van der Waals surface area contributed by atoms with Gasteiger partial charge in [-0.3, -0.25) is 4.79 Å². The Kier molecular flexibility index (Phi) is 5.64. The maximum absolute atomic E-state index is 12.6. The molecule has 0 bridgehead atoms. The summed E-state index contributed by atoms with van der Waals surface area (Å²) >= 11 is 5.86. The van der Waals surface area contributed by atoms with Gasteiger partial charge in [0.25, 0.3) is 0 Å². The Balaban J connectivity index is 2.11. The van der Waals surface area contributed by atoms with Crippen LogP contribution in [0.5, 0.6) is 0 Å². The van der Waals surface area contributed by atoms with Gasteiger partial charge in [-0.15, -0.1) is 0 Å². The van der Waals surface area contributed by atoms with Gasteiger partial charge in [-0.05, 0) is 49.7 Å². The summed E-state index contributed by atoms with van der Waals surface area (Å²) in [7, 11) is -2.39. The molecule has 0 aliphatic heterocycles. The summed E-state index contributed by atoms with van der Waals surface area (Å²) in [6, 6.07) is 11.8. The second-order valence-corrected chi connectivity index (χ2v) is 8.03. The minimum Gasteiger partial charge on any atom is -0.325 e.